The Morgan fingerprint density at radius 2 is 1.67 bits per heavy atom. The second-order valence-corrected chi connectivity index (χ2v) is 5.94. The predicted octanol–water partition coefficient (Wildman–Crippen LogP) is 4.59. The number of rotatable bonds is 11. The van der Waals surface area contributed by atoms with E-state index >= 15 is 0 Å². The van der Waals surface area contributed by atoms with E-state index in [1.807, 2.05) is 18.2 Å². The highest BCUT2D eigenvalue weighted by atomic mass is 32.2. The van der Waals surface area contributed by atoms with Gasteiger partial charge in [0.2, 0.25) is 0 Å². The van der Waals surface area contributed by atoms with Gasteiger partial charge in [0.05, 0.1) is 19.0 Å². The fourth-order valence-corrected chi connectivity index (χ4v) is 2.52. The first-order valence-electron chi connectivity index (χ1n) is 7.73. The van der Waals surface area contributed by atoms with E-state index in [0.29, 0.717) is 30.3 Å². The van der Waals surface area contributed by atoms with E-state index in [1.165, 1.54) is 0 Å². The molecule has 0 N–H and O–H groups in total. The topological polar surface area (TPSA) is 35.5 Å². The third-order valence-corrected chi connectivity index (χ3v) is 3.93. The molecule has 0 atom stereocenters. The maximum Gasteiger partial charge on any atom is 0.172 e. The first-order valence-corrected chi connectivity index (χ1v) is 8.88. The molecule has 0 saturated carbocycles. The summed E-state index contributed by atoms with van der Waals surface area (Å²) in [4.78, 5) is 12.2. The van der Waals surface area contributed by atoms with Crippen molar-refractivity contribution < 1.29 is 14.3 Å². The SMILES string of the molecule is CCCOc1ccc(C(=O)CSCCC)cc1OCCC. The molecule has 0 amide bonds. The average molecular weight is 310 g/mol. The molecular formula is C17H26O3S. The number of hydrogen-bond donors (Lipinski definition) is 0. The molecule has 0 radical (unpaired) electrons. The van der Waals surface area contributed by atoms with Crippen molar-refractivity contribution in [2.45, 2.75) is 40.0 Å². The van der Waals surface area contributed by atoms with Crippen LogP contribution in [0, 0.1) is 0 Å². The Labute approximate surface area is 132 Å². The van der Waals surface area contributed by atoms with E-state index < -0.39 is 0 Å². The molecule has 0 aromatic heterocycles. The molecule has 4 heteroatoms. The minimum absolute atomic E-state index is 0.150. The number of carbonyl (C=O) groups excluding carboxylic acids is 1. The van der Waals surface area contributed by atoms with Crippen LogP contribution in [-0.2, 0) is 0 Å². The molecule has 0 saturated heterocycles. The highest BCUT2D eigenvalue weighted by Crippen LogP contribution is 2.29. The van der Waals surface area contributed by atoms with Crippen LogP contribution in [0.5, 0.6) is 11.5 Å². The van der Waals surface area contributed by atoms with Crippen molar-refractivity contribution in [2.24, 2.45) is 0 Å². The van der Waals surface area contributed by atoms with Gasteiger partial charge >= 0.3 is 0 Å². The summed E-state index contributed by atoms with van der Waals surface area (Å²) in [6.45, 7) is 7.53. The van der Waals surface area contributed by atoms with E-state index in [9.17, 15) is 4.79 Å². The summed E-state index contributed by atoms with van der Waals surface area (Å²) >= 11 is 1.68. The van der Waals surface area contributed by atoms with Crippen LogP contribution in [0.4, 0.5) is 0 Å². The van der Waals surface area contributed by atoms with Gasteiger partial charge in [-0.1, -0.05) is 20.8 Å². The lowest BCUT2D eigenvalue weighted by Gasteiger charge is -2.13. The zero-order chi connectivity index (χ0) is 15.5. The molecule has 3 nitrogen and oxygen atoms in total. The van der Waals surface area contributed by atoms with Crippen LogP contribution in [0.25, 0.3) is 0 Å². The molecule has 0 unspecified atom stereocenters. The Kier molecular flexibility index (Phi) is 8.99. The van der Waals surface area contributed by atoms with Crippen molar-refractivity contribution >= 4 is 17.5 Å². The lowest BCUT2D eigenvalue weighted by Crippen LogP contribution is -2.06. The fourth-order valence-electron chi connectivity index (χ4n) is 1.73. The van der Waals surface area contributed by atoms with Crippen molar-refractivity contribution in [1.29, 1.82) is 0 Å². The molecule has 1 aromatic rings. The third-order valence-electron chi connectivity index (χ3n) is 2.77. The summed E-state index contributed by atoms with van der Waals surface area (Å²) in [5.74, 6) is 3.09. The smallest absolute Gasteiger partial charge is 0.172 e. The molecule has 0 aliphatic carbocycles. The maximum absolute atomic E-state index is 12.2. The zero-order valence-electron chi connectivity index (χ0n) is 13.3. The van der Waals surface area contributed by atoms with Gasteiger partial charge in [-0.15, -0.1) is 0 Å². The normalized spacial score (nSPS) is 10.4. The van der Waals surface area contributed by atoms with Crippen molar-refractivity contribution in [3.05, 3.63) is 23.8 Å². The van der Waals surface area contributed by atoms with Crippen LogP contribution in [-0.4, -0.2) is 30.5 Å². The highest BCUT2D eigenvalue weighted by molar-refractivity contribution is 7.99. The Balaban J connectivity index is 2.78. The Morgan fingerprint density at radius 1 is 1.00 bits per heavy atom. The highest BCUT2D eigenvalue weighted by Gasteiger charge is 2.11. The first-order chi connectivity index (χ1) is 10.2. The Bertz CT molecular complexity index is 432. The number of ketones is 1. The van der Waals surface area contributed by atoms with Gasteiger partial charge in [-0.2, -0.15) is 11.8 Å². The number of thioether (sulfide) groups is 1. The second kappa shape index (κ2) is 10.6. The van der Waals surface area contributed by atoms with E-state index in [1.54, 1.807) is 11.8 Å². The van der Waals surface area contributed by atoms with Gasteiger partial charge in [0.25, 0.3) is 0 Å². The lowest BCUT2D eigenvalue weighted by atomic mass is 10.1. The molecule has 118 valence electrons. The van der Waals surface area contributed by atoms with Crippen LogP contribution >= 0.6 is 11.8 Å². The maximum atomic E-state index is 12.2. The van der Waals surface area contributed by atoms with Gasteiger partial charge in [-0.3, -0.25) is 4.79 Å². The monoisotopic (exact) mass is 310 g/mol. The van der Waals surface area contributed by atoms with Crippen LogP contribution in [0.2, 0.25) is 0 Å². The molecule has 0 fully saturated rings. The lowest BCUT2D eigenvalue weighted by molar-refractivity contribution is 0.102. The molecule has 0 aliphatic heterocycles. The van der Waals surface area contributed by atoms with Crippen LogP contribution in [0.15, 0.2) is 18.2 Å². The number of hydrogen-bond acceptors (Lipinski definition) is 4. The second-order valence-electron chi connectivity index (χ2n) is 4.83. The minimum atomic E-state index is 0.150. The molecule has 0 spiro atoms. The standard InChI is InChI=1S/C17H26O3S/c1-4-9-19-16-8-7-14(12-17(16)20-10-5-2)15(18)13-21-11-6-3/h7-8,12H,4-6,9-11,13H2,1-3H3. The molecule has 0 heterocycles. The number of benzene rings is 1. The third kappa shape index (κ3) is 6.42. The average Bonchev–Trinajstić information content (AvgIpc) is 2.51. The summed E-state index contributed by atoms with van der Waals surface area (Å²) in [7, 11) is 0. The Hall–Kier alpha value is -1.16. The fraction of sp³-hybridized carbons (Fsp3) is 0.588. The van der Waals surface area contributed by atoms with Gasteiger partial charge in [-0.05, 0) is 43.2 Å². The number of ether oxygens (including phenoxy) is 2. The van der Waals surface area contributed by atoms with E-state index in [4.69, 9.17) is 9.47 Å². The summed E-state index contributed by atoms with van der Waals surface area (Å²) in [5.41, 5.74) is 0.702. The van der Waals surface area contributed by atoms with Crippen molar-refractivity contribution in [2.75, 3.05) is 24.7 Å². The van der Waals surface area contributed by atoms with E-state index in [0.717, 1.165) is 30.8 Å². The van der Waals surface area contributed by atoms with Gasteiger partial charge in [0.1, 0.15) is 0 Å². The zero-order valence-corrected chi connectivity index (χ0v) is 14.1. The molecule has 1 aromatic carbocycles. The van der Waals surface area contributed by atoms with E-state index in [-0.39, 0.29) is 5.78 Å². The largest absolute Gasteiger partial charge is 0.490 e. The summed E-state index contributed by atoms with van der Waals surface area (Å²) in [6.07, 6.45) is 2.96. The molecule has 0 bridgehead atoms. The van der Waals surface area contributed by atoms with Gasteiger partial charge < -0.3 is 9.47 Å². The van der Waals surface area contributed by atoms with Crippen LogP contribution in [0.1, 0.15) is 50.4 Å². The van der Waals surface area contributed by atoms with Crippen LogP contribution in [0.3, 0.4) is 0 Å². The minimum Gasteiger partial charge on any atom is -0.490 e. The van der Waals surface area contributed by atoms with Gasteiger partial charge in [0.15, 0.2) is 17.3 Å². The van der Waals surface area contributed by atoms with Crippen molar-refractivity contribution in [3.8, 4) is 11.5 Å². The van der Waals surface area contributed by atoms with Gasteiger partial charge in [-0.25, -0.2) is 0 Å². The Morgan fingerprint density at radius 3 is 2.29 bits per heavy atom. The number of carbonyl (C=O) groups is 1. The van der Waals surface area contributed by atoms with Gasteiger partial charge in [0, 0.05) is 5.56 Å². The van der Waals surface area contributed by atoms with Crippen molar-refractivity contribution in [3.63, 3.8) is 0 Å². The molecule has 1 rings (SSSR count). The molecule has 0 aliphatic rings. The van der Waals surface area contributed by atoms with Crippen LogP contribution < -0.4 is 9.47 Å². The quantitative estimate of drug-likeness (QED) is 0.442. The first kappa shape index (κ1) is 17.9. The predicted molar refractivity (Wildman–Crippen MR) is 90.0 cm³/mol. The van der Waals surface area contributed by atoms with E-state index in [2.05, 4.69) is 20.8 Å². The van der Waals surface area contributed by atoms with Crippen molar-refractivity contribution in [1.82, 2.24) is 0 Å². The summed E-state index contributed by atoms with van der Waals surface area (Å²) in [6, 6.07) is 5.49. The molecular weight excluding hydrogens is 284 g/mol. The summed E-state index contributed by atoms with van der Waals surface area (Å²) in [5, 5.41) is 0. The summed E-state index contributed by atoms with van der Waals surface area (Å²) < 4.78 is 11.4. The molecule has 21 heavy (non-hydrogen) atoms. The number of Topliss-reactive ketones (excluding diaryl/α,β-unsaturated/α-hetero) is 1.